The van der Waals surface area contributed by atoms with Crippen LogP contribution in [0.3, 0.4) is 0 Å². The zero-order valence-electron chi connectivity index (χ0n) is 18.0. The van der Waals surface area contributed by atoms with E-state index in [9.17, 15) is 13.2 Å². The minimum absolute atomic E-state index is 0.122. The first-order valence-electron chi connectivity index (χ1n) is 10.9. The highest BCUT2D eigenvalue weighted by Crippen LogP contribution is 2.20. The molecule has 2 heterocycles. The maximum atomic E-state index is 13.1. The Morgan fingerprint density at radius 1 is 0.906 bits per heavy atom. The molecule has 2 fully saturated rings. The number of benzene rings is 2. The van der Waals surface area contributed by atoms with E-state index in [2.05, 4.69) is 10.2 Å². The molecule has 2 aliphatic rings. The molecule has 0 bridgehead atoms. The van der Waals surface area contributed by atoms with Crippen LogP contribution in [0, 0.1) is 0 Å². The number of morpholine rings is 2. The predicted molar refractivity (Wildman–Crippen MR) is 120 cm³/mol. The van der Waals surface area contributed by atoms with Gasteiger partial charge in [0.05, 0.1) is 37.4 Å². The van der Waals surface area contributed by atoms with Gasteiger partial charge in [-0.05, 0) is 23.8 Å². The highest BCUT2D eigenvalue weighted by atomic mass is 32.2. The van der Waals surface area contributed by atoms with Crippen LogP contribution in [0.5, 0.6) is 0 Å². The lowest BCUT2D eigenvalue weighted by Crippen LogP contribution is -2.43. The van der Waals surface area contributed by atoms with Gasteiger partial charge < -0.3 is 14.8 Å². The van der Waals surface area contributed by atoms with Crippen LogP contribution >= 0.6 is 0 Å². The van der Waals surface area contributed by atoms with Crippen LogP contribution < -0.4 is 5.32 Å². The van der Waals surface area contributed by atoms with E-state index >= 15 is 0 Å². The van der Waals surface area contributed by atoms with Gasteiger partial charge in [0.25, 0.3) is 5.91 Å². The second-order valence-corrected chi connectivity index (χ2v) is 9.83. The Balaban J connectivity index is 1.52. The average molecular weight is 460 g/mol. The van der Waals surface area contributed by atoms with Gasteiger partial charge in [-0.15, -0.1) is 0 Å². The molecule has 32 heavy (non-hydrogen) atoms. The van der Waals surface area contributed by atoms with E-state index in [1.165, 1.54) is 16.4 Å². The number of hydrogen-bond acceptors (Lipinski definition) is 6. The summed E-state index contributed by atoms with van der Waals surface area (Å²) in [6, 6.07) is 15.8. The van der Waals surface area contributed by atoms with Crippen LogP contribution in [0.1, 0.15) is 22.0 Å². The van der Waals surface area contributed by atoms with Crippen LogP contribution in [0.25, 0.3) is 0 Å². The first-order chi connectivity index (χ1) is 15.5. The molecule has 0 unspecified atom stereocenters. The molecule has 8 nitrogen and oxygen atoms in total. The van der Waals surface area contributed by atoms with E-state index in [0.717, 1.165) is 18.7 Å². The fourth-order valence-electron chi connectivity index (χ4n) is 3.94. The van der Waals surface area contributed by atoms with Crippen molar-refractivity contribution < 1.29 is 22.7 Å². The first-order valence-corrected chi connectivity index (χ1v) is 12.3. The Morgan fingerprint density at radius 2 is 1.56 bits per heavy atom. The third-order valence-corrected chi connectivity index (χ3v) is 7.65. The van der Waals surface area contributed by atoms with E-state index in [0.29, 0.717) is 51.6 Å². The maximum absolute atomic E-state index is 13.1. The SMILES string of the molecule is O=C(N[C@H](CN1CCOCC1)c1ccccc1)c1cccc(S(=O)(=O)N2CCOCC2)c1. The van der Waals surface area contributed by atoms with Gasteiger partial charge in [0.15, 0.2) is 0 Å². The summed E-state index contributed by atoms with van der Waals surface area (Å²) < 4.78 is 38.1. The van der Waals surface area contributed by atoms with Crippen LogP contribution in [-0.2, 0) is 19.5 Å². The van der Waals surface area contributed by atoms with Crippen LogP contribution in [0.15, 0.2) is 59.5 Å². The van der Waals surface area contributed by atoms with Crippen molar-refractivity contribution in [2.45, 2.75) is 10.9 Å². The number of amides is 1. The summed E-state index contributed by atoms with van der Waals surface area (Å²) in [5, 5.41) is 3.11. The lowest BCUT2D eigenvalue weighted by molar-refractivity contribution is 0.0332. The summed E-state index contributed by atoms with van der Waals surface area (Å²) in [4.78, 5) is 15.5. The number of carbonyl (C=O) groups excluding carboxylic acids is 1. The highest BCUT2D eigenvalue weighted by Gasteiger charge is 2.27. The second-order valence-electron chi connectivity index (χ2n) is 7.89. The lowest BCUT2D eigenvalue weighted by atomic mass is 10.1. The quantitative estimate of drug-likeness (QED) is 0.675. The molecule has 0 spiro atoms. The molecule has 2 aromatic carbocycles. The monoisotopic (exact) mass is 459 g/mol. The van der Waals surface area contributed by atoms with Gasteiger partial charge in [-0.2, -0.15) is 4.31 Å². The van der Waals surface area contributed by atoms with Crippen LogP contribution in [-0.4, -0.2) is 82.7 Å². The van der Waals surface area contributed by atoms with Gasteiger partial charge in [-0.25, -0.2) is 8.42 Å². The van der Waals surface area contributed by atoms with E-state index in [1.807, 2.05) is 30.3 Å². The molecular formula is C23H29N3O5S. The van der Waals surface area contributed by atoms with E-state index < -0.39 is 10.0 Å². The average Bonchev–Trinajstić information content (AvgIpc) is 2.85. The molecule has 1 N–H and O–H groups in total. The topological polar surface area (TPSA) is 88.2 Å². The molecule has 0 aromatic heterocycles. The number of rotatable bonds is 7. The molecule has 1 atom stereocenters. The van der Waals surface area contributed by atoms with E-state index in [1.54, 1.807) is 12.1 Å². The van der Waals surface area contributed by atoms with Crippen molar-refractivity contribution in [2.24, 2.45) is 0 Å². The zero-order chi connectivity index (χ0) is 22.4. The van der Waals surface area contributed by atoms with Gasteiger partial charge in [-0.3, -0.25) is 9.69 Å². The minimum Gasteiger partial charge on any atom is -0.379 e. The van der Waals surface area contributed by atoms with Crippen molar-refractivity contribution in [3.8, 4) is 0 Å². The third kappa shape index (κ3) is 5.54. The molecular weight excluding hydrogens is 430 g/mol. The molecule has 0 aliphatic carbocycles. The fraction of sp³-hybridized carbons (Fsp3) is 0.435. The minimum atomic E-state index is -3.67. The zero-order valence-corrected chi connectivity index (χ0v) is 18.8. The van der Waals surface area contributed by atoms with Crippen molar-refractivity contribution in [2.75, 3.05) is 59.2 Å². The van der Waals surface area contributed by atoms with Gasteiger partial charge in [0.1, 0.15) is 0 Å². The molecule has 0 radical (unpaired) electrons. The summed E-state index contributed by atoms with van der Waals surface area (Å²) >= 11 is 0. The highest BCUT2D eigenvalue weighted by molar-refractivity contribution is 7.89. The Bertz CT molecular complexity index is 1000. The molecule has 2 saturated heterocycles. The van der Waals surface area contributed by atoms with Crippen molar-refractivity contribution in [3.63, 3.8) is 0 Å². The molecule has 4 rings (SSSR count). The van der Waals surface area contributed by atoms with Crippen molar-refractivity contribution in [1.29, 1.82) is 0 Å². The molecule has 9 heteroatoms. The summed E-state index contributed by atoms with van der Waals surface area (Å²) in [5.41, 5.74) is 1.33. The summed E-state index contributed by atoms with van der Waals surface area (Å²) in [6.45, 7) is 5.01. The van der Waals surface area contributed by atoms with Crippen LogP contribution in [0.4, 0.5) is 0 Å². The molecule has 172 valence electrons. The van der Waals surface area contributed by atoms with Crippen molar-refractivity contribution in [1.82, 2.24) is 14.5 Å². The lowest BCUT2D eigenvalue weighted by Gasteiger charge is -2.31. The summed E-state index contributed by atoms with van der Waals surface area (Å²) in [5.74, 6) is -0.300. The number of sulfonamides is 1. The van der Waals surface area contributed by atoms with E-state index in [-0.39, 0.29) is 16.8 Å². The normalized spacial score (nSPS) is 19.4. The number of carbonyl (C=O) groups is 1. The molecule has 2 aromatic rings. The molecule has 2 aliphatic heterocycles. The van der Waals surface area contributed by atoms with Gasteiger partial charge in [-0.1, -0.05) is 36.4 Å². The first kappa shape index (κ1) is 22.9. The predicted octanol–water partition coefficient (Wildman–Crippen LogP) is 1.51. The Labute approximate surface area is 189 Å². The maximum Gasteiger partial charge on any atom is 0.251 e. The van der Waals surface area contributed by atoms with Crippen molar-refractivity contribution >= 4 is 15.9 Å². The summed E-state index contributed by atoms with van der Waals surface area (Å²) in [7, 11) is -3.67. The Kier molecular flexibility index (Phi) is 7.54. The van der Waals surface area contributed by atoms with Gasteiger partial charge in [0.2, 0.25) is 10.0 Å². The van der Waals surface area contributed by atoms with E-state index in [4.69, 9.17) is 9.47 Å². The molecule has 0 saturated carbocycles. The fourth-order valence-corrected chi connectivity index (χ4v) is 5.39. The summed E-state index contributed by atoms with van der Waals surface area (Å²) in [6.07, 6.45) is 0. The largest absolute Gasteiger partial charge is 0.379 e. The smallest absolute Gasteiger partial charge is 0.251 e. The standard InChI is InChI=1S/C23H29N3O5S/c27-23(20-7-4-8-21(17-20)32(28,29)26-11-15-31-16-12-26)24-22(19-5-2-1-3-6-19)18-25-9-13-30-14-10-25/h1-8,17,22H,9-16,18H2,(H,24,27)/t22-/m1/s1. The number of ether oxygens (including phenoxy) is 2. The number of nitrogens with zero attached hydrogens (tertiary/aromatic N) is 2. The third-order valence-electron chi connectivity index (χ3n) is 5.76. The Morgan fingerprint density at radius 3 is 2.25 bits per heavy atom. The number of hydrogen-bond donors (Lipinski definition) is 1. The second kappa shape index (κ2) is 10.5. The van der Waals surface area contributed by atoms with Gasteiger partial charge in [0, 0.05) is 38.3 Å². The molecule has 1 amide bonds. The number of nitrogens with one attached hydrogen (secondary N) is 1. The van der Waals surface area contributed by atoms with Crippen molar-refractivity contribution in [3.05, 3.63) is 65.7 Å². The van der Waals surface area contributed by atoms with Crippen LogP contribution in [0.2, 0.25) is 0 Å². The Hall–Kier alpha value is -2.30. The van der Waals surface area contributed by atoms with Gasteiger partial charge >= 0.3 is 0 Å².